The summed E-state index contributed by atoms with van der Waals surface area (Å²) in [7, 11) is -1.18. The summed E-state index contributed by atoms with van der Waals surface area (Å²) >= 11 is 1.10. The molecule has 8 nitrogen and oxygen atoms in total. The van der Waals surface area contributed by atoms with Crippen LogP contribution >= 0.6 is 11.3 Å². The molecule has 1 unspecified atom stereocenters. The molecule has 0 bridgehead atoms. The van der Waals surface area contributed by atoms with Gasteiger partial charge in [-0.2, -0.15) is 0 Å². The zero-order valence-corrected chi connectivity index (χ0v) is 10.2. The molecule has 0 aromatic carbocycles. The van der Waals surface area contributed by atoms with Crippen LogP contribution in [0.2, 0.25) is 0 Å². The van der Waals surface area contributed by atoms with E-state index in [1.807, 2.05) is 0 Å². The Morgan fingerprint density at radius 1 is 1.59 bits per heavy atom. The van der Waals surface area contributed by atoms with E-state index in [0.717, 1.165) is 17.5 Å². The fraction of sp³-hybridized carbons (Fsp3) is 0.286. The molecule has 1 atom stereocenters. The molecule has 0 radical (unpaired) electrons. The zero-order valence-electron chi connectivity index (χ0n) is 8.61. The quantitative estimate of drug-likeness (QED) is 0.655. The number of aromatic nitrogens is 4. The lowest BCUT2D eigenvalue weighted by Gasteiger charge is -1.86. The maximum Gasteiger partial charge on any atom is 0.341 e. The Morgan fingerprint density at radius 3 is 2.94 bits per heavy atom. The van der Waals surface area contributed by atoms with Gasteiger partial charge >= 0.3 is 5.82 Å². The van der Waals surface area contributed by atoms with Gasteiger partial charge < -0.3 is 10.1 Å². The first kappa shape index (κ1) is 11.8. The van der Waals surface area contributed by atoms with Gasteiger partial charge in [0, 0.05) is 5.75 Å². The first-order valence-electron chi connectivity index (χ1n) is 4.53. The number of rotatable bonds is 4. The number of imidazole rings is 1. The second-order valence-electron chi connectivity index (χ2n) is 2.88. The fourth-order valence-corrected chi connectivity index (χ4v) is 2.90. The van der Waals surface area contributed by atoms with E-state index in [1.54, 1.807) is 6.92 Å². The Labute approximate surface area is 102 Å². The number of nitrogens with one attached hydrogen (secondary N) is 1. The second-order valence-corrected chi connectivity index (χ2v) is 5.77. The van der Waals surface area contributed by atoms with E-state index in [-0.39, 0.29) is 11.6 Å². The van der Waals surface area contributed by atoms with Gasteiger partial charge in [0.2, 0.25) is 9.35 Å². The van der Waals surface area contributed by atoms with Gasteiger partial charge in [-0.05, 0) is 4.92 Å². The lowest BCUT2D eigenvalue weighted by molar-refractivity contribution is -0.389. The lowest BCUT2D eigenvalue weighted by Crippen LogP contribution is -1.92. The molecular weight excluding hydrogens is 266 g/mol. The largest absolute Gasteiger partial charge is 0.358 e. The van der Waals surface area contributed by atoms with Crippen LogP contribution < -0.4 is 0 Å². The van der Waals surface area contributed by atoms with Gasteiger partial charge in [-0.1, -0.05) is 18.3 Å². The lowest BCUT2D eigenvalue weighted by atomic mass is 10.7. The van der Waals surface area contributed by atoms with Crippen molar-refractivity contribution in [1.82, 2.24) is 20.2 Å². The Morgan fingerprint density at radius 2 is 2.35 bits per heavy atom. The first-order valence-corrected chi connectivity index (χ1v) is 6.67. The number of hydrogen-bond donors (Lipinski definition) is 1. The molecule has 2 aromatic rings. The Hall–Kier alpha value is -1.68. The zero-order chi connectivity index (χ0) is 12.4. The van der Waals surface area contributed by atoms with Crippen molar-refractivity contribution in [2.24, 2.45) is 0 Å². The molecule has 0 aliphatic carbocycles. The van der Waals surface area contributed by atoms with Crippen molar-refractivity contribution in [3.63, 3.8) is 0 Å². The molecule has 0 aliphatic rings. The van der Waals surface area contributed by atoms with Gasteiger partial charge in [-0.15, -0.1) is 10.2 Å². The molecule has 90 valence electrons. The molecule has 0 aliphatic heterocycles. The number of nitrogens with zero attached hydrogens (tertiary/aromatic N) is 4. The maximum absolute atomic E-state index is 11.5. The van der Waals surface area contributed by atoms with Crippen LogP contribution in [0.5, 0.6) is 0 Å². The molecule has 2 heterocycles. The number of hydrogen-bond acceptors (Lipinski definition) is 7. The molecule has 10 heteroatoms. The van der Waals surface area contributed by atoms with E-state index < -0.39 is 15.7 Å². The summed E-state index contributed by atoms with van der Waals surface area (Å²) in [5, 5.41) is 18.4. The smallest absolute Gasteiger partial charge is 0.341 e. The summed E-state index contributed by atoms with van der Waals surface area (Å²) in [4.78, 5) is 16.2. The van der Waals surface area contributed by atoms with Crippen molar-refractivity contribution in [1.29, 1.82) is 0 Å². The highest BCUT2D eigenvalue weighted by molar-refractivity contribution is 7.87. The van der Waals surface area contributed by atoms with Crippen LogP contribution in [-0.4, -0.2) is 35.1 Å². The molecule has 1 N–H and O–H groups in total. The van der Waals surface area contributed by atoms with Crippen LogP contribution in [0.3, 0.4) is 0 Å². The fourth-order valence-electron chi connectivity index (χ4n) is 1.03. The van der Waals surface area contributed by atoms with Crippen LogP contribution in [0.1, 0.15) is 6.92 Å². The highest BCUT2D eigenvalue weighted by Crippen LogP contribution is 2.24. The Balaban J connectivity index is 2.30. The summed E-state index contributed by atoms with van der Waals surface area (Å²) in [6, 6.07) is 0. The van der Waals surface area contributed by atoms with Crippen molar-refractivity contribution in [3.05, 3.63) is 16.3 Å². The van der Waals surface area contributed by atoms with Crippen LogP contribution in [0, 0.1) is 10.1 Å². The van der Waals surface area contributed by atoms with E-state index in [0.29, 0.717) is 15.1 Å². The highest BCUT2D eigenvalue weighted by atomic mass is 32.2. The highest BCUT2D eigenvalue weighted by Gasteiger charge is 2.17. The van der Waals surface area contributed by atoms with E-state index in [9.17, 15) is 14.3 Å². The van der Waals surface area contributed by atoms with Gasteiger partial charge in [-0.25, -0.2) is 9.97 Å². The first-order chi connectivity index (χ1) is 8.11. The van der Waals surface area contributed by atoms with Crippen molar-refractivity contribution >= 4 is 28.0 Å². The van der Waals surface area contributed by atoms with Crippen molar-refractivity contribution in [2.45, 2.75) is 11.3 Å². The normalized spacial score (nSPS) is 12.5. The second kappa shape index (κ2) is 4.67. The van der Waals surface area contributed by atoms with Crippen LogP contribution in [0.4, 0.5) is 5.82 Å². The minimum atomic E-state index is -1.18. The maximum atomic E-state index is 11.5. The molecule has 2 aromatic heterocycles. The average molecular weight is 273 g/mol. The molecule has 0 saturated carbocycles. The Kier molecular flexibility index (Phi) is 3.24. The predicted octanol–water partition coefficient (Wildman–Crippen LogP) is 0.964. The third kappa shape index (κ3) is 2.36. The third-order valence-electron chi connectivity index (χ3n) is 1.83. The molecular formula is C7H7N5O3S2. The van der Waals surface area contributed by atoms with E-state index in [1.165, 1.54) is 0 Å². The summed E-state index contributed by atoms with van der Waals surface area (Å²) < 4.78 is 11.8. The van der Waals surface area contributed by atoms with Gasteiger partial charge in [0.25, 0.3) is 5.82 Å². The molecule has 2 rings (SSSR count). The Bertz CT molecular complexity index is 578. The van der Waals surface area contributed by atoms with Gasteiger partial charge in [0.15, 0.2) is 0 Å². The van der Waals surface area contributed by atoms with Gasteiger partial charge in [0.1, 0.15) is 6.20 Å². The summed E-state index contributed by atoms with van der Waals surface area (Å²) in [5.74, 6) is 0.495. The summed E-state index contributed by atoms with van der Waals surface area (Å²) in [6.07, 6.45) is 1.10. The minimum Gasteiger partial charge on any atom is -0.358 e. The van der Waals surface area contributed by atoms with Crippen molar-refractivity contribution in [2.75, 3.05) is 5.75 Å². The summed E-state index contributed by atoms with van der Waals surface area (Å²) in [6.45, 7) is 1.77. The number of aromatic amines is 1. The monoisotopic (exact) mass is 273 g/mol. The molecule has 0 spiro atoms. The molecule has 0 fully saturated rings. The van der Waals surface area contributed by atoms with Crippen LogP contribution in [-0.2, 0) is 10.8 Å². The number of nitro groups is 1. The van der Waals surface area contributed by atoms with E-state index in [4.69, 9.17) is 0 Å². The molecule has 17 heavy (non-hydrogen) atoms. The predicted molar refractivity (Wildman–Crippen MR) is 61.1 cm³/mol. The third-order valence-corrected chi connectivity index (χ3v) is 4.35. The van der Waals surface area contributed by atoms with Crippen molar-refractivity contribution in [3.8, 4) is 10.8 Å². The van der Waals surface area contributed by atoms with Gasteiger partial charge in [0.05, 0.1) is 10.8 Å². The SMILES string of the molecule is CCS(=O)c1nnc(-c2ncc([N+](=O)[O-])[nH]2)s1. The average Bonchev–Trinajstić information content (AvgIpc) is 2.95. The van der Waals surface area contributed by atoms with E-state index >= 15 is 0 Å². The van der Waals surface area contributed by atoms with Crippen molar-refractivity contribution < 1.29 is 9.13 Å². The minimum absolute atomic E-state index is 0.214. The molecule has 0 amide bonds. The van der Waals surface area contributed by atoms with Gasteiger partial charge in [-0.3, -0.25) is 4.21 Å². The van der Waals surface area contributed by atoms with Crippen LogP contribution in [0.15, 0.2) is 10.5 Å². The number of H-pyrrole nitrogens is 1. The van der Waals surface area contributed by atoms with Crippen LogP contribution in [0.25, 0.3) is 10.8 Å². The van der Waals surface area contributed by atoms with E-state index in [2.05, 4.69) is 20.2 Å². The molecule has 0 saturated heterocycles. The summed E-state index contributed by atoms with van der Waals surface area (Å²) in [5.41, 5.74) is 0. The topological polar surface area (TPSA) is 115 Å². The standard InChI is InChI=1S/C7H7N5O3S2/c1-2-17(15)7-11-10-6(16-7)5-8-3-4(9-5)12(13)14/h3H,2H2,1H3,(H,8,9).